The molecule has 0 spiro atoms. The van der Waals surface area contributed by atoms with Crippen LogP contribution in [0.3, 0.4) is 0 Å². The van der Waals surface area contributed by atoms with Crippen molar-refractivity contribution in [3.63, 3.8) is 0 Å². The van der Waals surface area contributed by atoms with Crippen LogP contribution in [0.2, 0.25) is 5.02 Å². The van der Waals surface area contributed by atoms with Gasteiger partial charge < -0.3 is 9.84 Å². The second-order valence-corrected chi connectivity index (χ2v) is 5.00. The molecule has 0 fully saturated rings. The number of carboxylic acids is 1. The van der Waals surface area contributed by atoms with Crippen LogP contribution in [0.1, 0.15) is 19.4 Å². The Hall–Kier alpha value is -2.15. The molecule has 7 nitrogen and oxygen atoms in total. The number of halogens is 1. The first-order valence-corrected chi connectivity index (χ1v) is 6.43. The van der Waals surface area contributed by atoms with Gasteiger partial charge in [-0.15, -0.1) is 0 Å². The van der Waals surface area contributed by atoms with E-state index in [0.717, 1.165) is 6.92 Å². The van der Waals surface area contributed by atoms with E-state index < -0.39 is 28.7 Å². The number of hydrogen-bond donors (Lipinski definition) is 1. The van der Waals surface area contributed by atoms with Crippen molar-refractivity contribution < 1.29 is 24.4 Å². The average molecular weight is 316 g/mol. The molecule has 0 aliphatic carbocycles. The third-order valence-corrected chi connectivity index (χ3v) is 3.22. The molecular weight excluding hydrogens is 302 g/mol. The minimum absolute atomic E-state index is 0.0132. The molecule has 21 heavy (non-hydrogen) atoms. The number of carbonyl (C=O) groups excluding carboxylic acids is 1. The van der Waals surface area contributed by atoms with Crippen LogP contribution in [0.5, 0.6) is 0 Å². The molecular formula is C13H14ClNO6. The fourth-order valence-corrected chi connectivity index (χ4v) is 1.97. The van der Waals surface area contributed by atoms with Gasteiger partial charge in [0.15, 0.2) is 5.41 Å². The standard InChI is InChI=1S/C13H14ClNO6/c1-3-21-12(18)13(2,11(16)17)7-8-6-9(14)4-5-10(8)15(19)20/h4-6H,3,7H2,1-2H3,(H,16,17). The maximum Gasteiger partial charge on any atom is 0.323 e. The van der Waals surface area contributed by atoms with E-state index in [1.807, 2.05) is 0 Å². The van der Waals surface area contributed by atoms with E-state index in [-0.39, 0.29) is 22.9 Å². The number of benzene rings is 1. The Bertz CT molecular complexity index is 588. The first kappa shape index (κ1) is 16.9. The molecule has 0 heterocycles. The summed E-state index contributed by atoms with van der Waals surface area (Å²) in [7, 11) is 0. The first-order chi connectivity index (χ1) is 9.72. The van der Waals surface area contributed by atoms with Crippen molar-refractivity contribution in [3.8, 4) is 0 Å². The predicted octanol–water partition coefficient (Wildman–Crippen LogP) is 2.44. The summed E-state index contributed by atoms with van der Waals surface area (Å²) in [5.74, 6) is -2.37. The Morgan fingerprint density at radius 1 is 1.48 bits per heavy atom. The molecule has 0 aliphatic heterocycles. The Morgan fingerprint density at radius 3 is 2.57 bits per heavy atom. The molecule has 1 unspecified atom stereocenters. The number of rotatable bonds is 6. The summed E-state index contributed by atoms with van der Waals surface area (Å²) in [6, 6.07) is 3.77. The molecule has 1 aromatic carbocycles. The number of esters is 1. The van der Waals surface area contributed by atoms with Crippen molar-refractivity contribution in [3.05, 3.63) is 38.9 Å². The molecule has 1 atom stereocenters. The number of carbonyl (C=O) groups is 2. The van der Waals surface area contributed by atoms with Crippen LogP contribution >= 0.6 is 11.6 Å². The average Bonchev–Trinajstić information content (AvgIpc) is 2.38. The van der Waals surface area contributed by atoms with Gasteiger partial charge in [-0.1, -0.05) is 11.6 Å². The molecule has 0 saturated carbocycles. The second-order valence-electron chi connectivity index (χ2n) is 4.56. The predicted molar refractivity (Wildman–Crippen MR) is 74.2 cm³/mol. The molecule has 0 bridgehead atoms. The van der Waals surface area contributed by atoms with E-state index in [2.05, 4.69) is 0 Å². The molecule has 1 aromatic rings. The van der Waals surface area contributed by atoms with Gasteiger partial charge in [-0.05, 0) is 26.0 Å². The van der Waals surface area contributed by atoms with E-state index in [0.29, 0.717) is 0 Å². The zero-order valence-electron chi connectivity index (χ0n) is 11.5. The SMILES string of the molecule is CCOC(=O)C(C)(Cc1cc(Cl)ccc1[N+](=O)[O-])C(=O)O. The van der Waals surface area contributed by atoms with Crippen molar-refractivity contribution in [2.45, 2.75) is 20.3 Å². The van der Waals surface area contributed by atoms with E-state index in [1.165, 1.54) is 18.2 Å². The van der Waals surface area contributed by atoms with Crippen molar-refractivity contribution >= 4 is 29.2 Å². The van der Waals surface area contributed by atoms with Crippen LogP contribution in [0.25, 0.3) is 0 Å². The van der Waals surface area contributed by atoms with E-state index in [9.17, 15) is 24.8 Å². The highest BCUT2D eigenvalue weighted by molar-refractivity contribution is 6.30. The summed E-state index contributed by atoms with van der Waals surface area (Å²) in [6.45, 7) is 2.72. The Labute approximate surface area is 125 Å². The van der Waals surface area contributed by atoms with Crippen LogP contribution in [0.4, 0.5) is 5.69 Å². The summed E-state index contributed by atoms with van der Waals surface area (Å²) in [6.07, 6.45) is -0.391. The fourth-order valence-electron chi connectivity index (χ4n) is 1.78. The van der Waals surface area contributed by atoms with Gasteiger partial charge in [0, 0.05) is 23.1 Å². The van der Waals surface area contributed by atoms with Gasteiger partial charge in [0.25, 0.3) is 5.69 Å². The van der Waals surface area contributed by atoms with Gasteiger partial charge in [0.2, 0.25) is 0 Å². The number of nitrogens with zero attached hydrogens (tertiary/aromatic N) is 1. The number of aliphatic carboxylic acids is 1. The van der Waals surface area contributed by atoms with Gasteiger partial charge >= 0.3 is 11.9 Å². The van der Waals surface area contributed by atoms with Crippen LogP contribution in [-0.4, -0.2) is 28.6 Å². The van der Waals surface area contributed by atoms with E-state index in [4.69, 9.17) is 16.3 Å². The molecule has 114 valence electrons. The van der Waals surface area contributed by atoms with Gasteiger partial charge in [-0.3, -0.25) is 19.7 Å². The lowest BCUT2D eigenvalue weighted by molar-refractivity contribution is -0.385. The number of ether oxygens (including phenoxy) is 1. The van der Waals surface area contributed by atoms with Crippen LogP contribution in [-0.2, 0) is 20.7 Å². The largest absolute Gasteiger partial charge is 0.480 e. The number of carboxylic acid groups (broad SMARTS) is 1. The normalized spacial score (nSPS) is 13.3. The van der Waals surface area contributed by atoms with Crippen LogP contribution in [0.15, 0.2) is 18.2 Å². The minimum atomic E-state index is -1.93. The van der Waals surface area contributed by atoms with Crippen molar-refractivity contribution in [1.29, 1.82) is 0 Å². The maximum absolute atomic E-state index is 11.9. The summed E-state index contributed by atoms with van der Waals surface area (Å²) >= 11 is 5.78. The zero-order chi connectivity index (χ0) is 16.2. The van der Waals surface area contributed by atoms with Gasteiger partial charge in [-0.2, -0.15) is 0 Å². The van der Waals surface area contributed by atoms with Gasteiger partial charge in [0.05, 0.1) is 11.5 Å². The molecule has 1 N–H and O–H groups in total. The van der Waals surface area contributed by atoms with Gasteiger partial charge in [-0.25, -0.2) is 0 Å². The number of nitro groups is 1. The zero-order valence-corrected chi connectivity index (χ0v) is 12.2. The summed E-state index contributed by atoms with van der Waals surface area (Å²) in [5.41, 5.74) is -2.16. The lowest BCUT2D eigenvalue weighted by Crippen LogP contribution is -2.40. The molecule has 0 radical (unpaired) electrons. The lowest BCUT2D eigenvalue weighted by atomic mass is 9.83. The molecule has 0 aliphatic rings. The Balaban J connectivity index is 3.27. The highest BCUT2D eigenvalue weighted by Crippen LogP contribution is 2.31. The highest BCUT2D eigenvalue weighted by Gasteiger charge is 2.44. The topological polar surface area (TPSA) is 107 Å². The van der Waals surface area contributed by atoms with Gasteiger partial charge in [0.1, 0.15) is 0 Å². The third-order valence-electron chi connectivity index (χ3n) is 2.98. The summed E-state index contributed by atoms with van der Waals surface area (Å²) in [5, 5.41) is 20.5. The number of nitro benzene ring substituents is 1. The third kappa shape index (κ3) is 3.69. The molecule has 0 aromatic heterocycles. The summed E-state index contributed by atoms with van der Waals surface area (Å²) < 4.78 is 4.75. The fraction of sp³-hybridized carbons (Fsp3) is 0.385. The molecule has 1 rings (SSSR count). The molecule has 8 heteroatoms. The van der Waals surface area contributed by atoms with Crippen molar-refractivity contribution in [1.82, 2.24) is 0 Å². The second kappa shape index (κ2) is 6.53. The van der Waals surface area contributed by atoms with Crippen LogP contribution in [0, 0.1) is 15.5 Å². The Morgan fingerprint density at radius 2 is 2.10 bits per heavy atom. The van der Waals surface area contributed by atoms with Crippen molar-refractivity contribution in [2.75, 3.05) is 6.61 Å². The summed E-state index contributed by atoms with van der Waals surface area (Å²) in [4.78, 5) is 33.6. The quantitative estimate of drug-likeness (QED) is 0.374. The molecule has 0 amide bonds. The lowest BCUT2D eigenvalue weighted by Gasteiger charge is -2.22. The highest BCUT2D eigenvalue weighted by atomic mass is 35.5. The minimum Gasteiger partial charge on any atom is -0.480 e. The molecule has 0 saturated heterocycles. The monoisotopic (exact) mass is 315 g/mol. The van der Waals surface area contributed by atoms with Crippen LogP contribution < -0.4 is 0 Å². The number of hydrogen-bond acceptors (Lipinski definition) is 5. The smallest absolute Gasteiger partial charge is 0.323 e. The van der Waals surface area contributed by atoms with Crippen molar-refractivity contribution in [2.24, 2.45) is 5.41 Å². The van der Waals surface area contributed by atoms with E-state index >= 15 is 0 Å². The first-order valence-electron chi connectivity index (χ1n) is 6.05. The van der Waals surface area contributed by atoms with E-state index in [1.54, 1.807) is 6.92 Å². The maximum atomic E-state index is 11.9. The Kier molecular flexibility index (Phi) is 5.26.